The summed E-state index contributed by atoms with van der Waals surface area (Å²) in [7, 11) is 1.45. The Morgan fingerprint density at radius 3 is 2.90 bits per heavy atom. The number of imidazole rings is 1. The molecule has 0 saturated carbocycles. The Morgan fingerprint density at radius 1 is 1.43 bits per heavy atom. The van der Waals surface area contributed by atoms with Crippen LogP contribution in [-0.4, -0.2) is 61.8 Å². The number of aliphatic hydroxyl groups excluding tert-OH is 2. The van der Waals surface area contributed by atoms with E-state index < -0.39 is 30.6 Å². The molecule has 0 radical (unpaired) electrons. The largest absolute Gasteiger partial charge is 0.387 e. The maximum absolute atomic E-state index is 13.3. The third-order valence-corrected chi connectivity index (χ3v) is 3.36. The SMILES string of the molecule is COC[C@H]1OC(n2cnc3c(N)nc(F)nc32)[C@@H](O)[C@@H]1O. The lowest BCUT2D eigenvalue weighted by atomic mass is 10.1. The zero-order valence-corrected chi connectivity index (χ0v) is 11.0. The molecule has 0 aromatic carbocycles. The highest BCUT2D eigenvalue weighted by Gasteiger charge is 2.44. The van der Waals surface area contributed by atoms with Crippen LogP contribution in [0.1, 0.15) is 6.23 Å². The van der Waals surface area contributed by atoms with E-state index in [0.29, 0.717) is 0 Å². The molecule has 114 valence electrons. The van der Waals surface area contributed by atoms with Gasteiger partial charge in [-0.25, -0.2) is 4.98 Å². The van der Waals surface area contributed by atoms with Gasteiger partial charge in [0.2, 0.25) is 0 Å². The molecule has 1 saturated heterocycles. The smallest absolute Gasteiger partial charge is 0.312 e. The quantitative estimate of drug-likeness (QED) is 0.604. The average molecular weight is 299 g/mol. The van der Waals surface area contributed by atoms with E-state index >= 15 is 0 Å². The monoisotopic (exact) mass is 299 g/mol. The minimum atomic E-state index is -1.23. The minimum absolute atomic E-state index is 0.0781. The Labute approximate surface area is 118 Å². The van der Waals surface area contributed by atoms with Crippen molar-refractivity contribution in [2.45, 2.75) is 24.5 Å². The highest BCUT2D eigenvalue weighted by molar-refractivity contribution is 5.81. The molecular formula is C11H14FN5O4. The first-order chi connectivity index (χ1) is 10.0. The third-order valence-electron chi connectivity index (χ3n) is 3.36. The molecule has 9 nitrogen and oxygen atoms in total. The molecule has 2 aromatic rings. The Hall–Kier alpha value is -1.88. The van der Waals surface area contributed by atoms with Crippen molar-refractivity contribution in [3.8, 4) is 0 Å². The number of aliphatic hydroxyl groups is 2. The van der Waals surface area contributed by atoms with Crippen LogP contribution >= 0.6 is 0 Å². The number of aromatic nitrogens is 4. The van der Waals surface area contributed by atoms with Gasteiger partial charge in [0.15, 0.2) is 23.2 Å². The van der Waals surface area contributed by atoms with E-state index in [1.807, 2.05) is 0 Å². The van der Waals surface area contributed by atoms with Gasteiger partial charge in [-0.05, 0) is 0 Å². The number of halogens is 1. The standard InChI is InChI=1S/C11H14FN5O4/c1-20-2-4-6(18)7(19)10(21-4)17-3-14-5-8(13)15-11(12)16-9(5)17/h3-4,6-7,10,18-19H,2H2,1H3,(H2,13,15,16)/t4-,6-,7+,10?/m1/s1. The normalized spacial score (nSPS) is 29.3. The fraction of sp³-hybridized carbons (Fsp3) is 0.545. The van der Waals surface area contributed by atoms with Crippen molar-refractivity contribution in [3.05, 3.63) is 12.4 Å². The molecule has 1 aliphatic rings. The van der Waals surface area contributed by atoms with Gasteiger partial charge in [0.1, 0.15) is 18.3 Å². The average Bonchev–Trinajstić information content (AvgIpc) is 2.96. The first kappa shape index (κ1) is 14.1. The second-order valence-corrected chi connectivity index (χ2v) is 4.70. The van der Waals surface area contributed by atoms with Gasteiger partial charge in [0.25, 0.3) is 0 Å². The number of nitrogens with zero attached hydrogens (tertiary/aromatic N) is 4. The second kappa shape index (κ2) is 5.15. The van der Waals surface area contributed by atoms with E-state index in [4.69, 9.17) is 15.2 Å². The number of ether oxygens (including phenoxy) is 2. The van der Waals surface area contributed by atoms with Gasteiger partial charge >= 0.3 is 6.08 Å². The van der Waals surface area contributed by atoms with E-state index in [1.165, 1.54) is 18.0 Å². The zero-order chi connectivity index (χ0) is 15.1. The van der Waals surface area contributed by atoms with Gasteiger partial charge in [-0.2, -0.15) is 14.4 Å². The number of anilines is 1. The maximum Gasteiger partial charge on any atom is 0.312 e. The molecule has 0 spiro atoms. The molecular weight excluding hydrogens is 285 g/mol. The van der Waals surface area contributed by atoms with E-state index in [0.717, 1.165) is 0 Å². The van der Waals surface area contributed by atoms with Crippen molar-refractivity contribution >= 4 is 17.0 Å². The fourth-order valence-corrected chi connectivity index (χ4v) is 2.36. The van der Waals surface area contributed by atoms with Crippen molar-refractivity contribution in [3.63, 3.8) is 0 Å². The predicted octanol–water partition coefficient (Wildman–Crippen LogP) is -1.19. The first-order valence-electron chi connectivity index (χ1n) is 6.19. The number of hydrogen-bond donors (Lipinski definition) is 3. The van der Waals surface area contributed by atoms with Crippen molar-refractivity contribution in [1.29, 1.82) is 0 Å². The van der Waals surface area contributed by atoms with Crippen molar-refractivity contribution in [2.24, 2.45) is 0 Å². The number of rotatable bonds is 3. The topological polar surface area (TPSA) is 129 Å². The van der Waals surface area contributed by atoms with Crippen LogP contribution in [0.5, 0.6) is 0 Å². The fourth-order valence-electron chi connectivity index (χ4n) is 2.36. The number of nitrogen functional groups attached to an aromatic ring is 1. The van der Waals surface area contributed by atoms with E-state index in [-0.39, 0.29) is 23.6 Å². The van der Waals surface area contributed by atoms with E-state index in [1.54, 1.807) is 0 Å². The number of nitrogens with two attached hydrogens (primary N) is 1. The molecule has 4 atom stereocenters. The van der Waals surface area contributed by atoms with Gasteiger partial charge < -0.3 is 25.4 Å². The molecule has 3 heterocycles. The highest BCUT2D eigenvalue weighted by Crippen LogP contribution is 2.32. The lowest BCUT2D eigenvalue weighted by Gasteiger charge is -2.16. The number of hydrogen-bond acceptors (Lipinski definition) is 8. The summed E-state index contributed by atoms with van der Waals surface area (Å²) in [6.07, 6.45) is -3.78. The molecule has 3 rings (SSSR count). The number of fused-ring (bicyclic) bond motifs is 1. The highest BCUT2D eigenvalue weighted by atomic mass is 19.1. The van der Waals surface area contributed by atoms with Crippen LogP contribution in [0.2, 0.25) is 0 Å². The van der Waals surface area contributed by atoms with E-state index in [2.05, 4.69) is 15.0 Å². The molecule has 1 unspecified atom stereocenters. The summed E-state index contributed by atoms with van der Waals surface area (Å²) in [5.74, 6) is -0.113. The van der Waals surface area contributed by atoms with Gasteiger partial charge in [-0.1, -0.05) is 0 Å². The molecule has 0 bridgehead atoms. The van der Waals surface area contributed by atoms with Crippen molar-refractivity contribution in [1.82, 2.24) is 19.5 Å². The van der Waals surface area contributed by atoms with Gasteiger partial charge in [-0.15, -0.1) is 0 Å². The van der Waals surface area contributed by atoms with Crippen molar-refractivity contribution in [2.75, 3.05) is 19.5 Å². The van der Waals surface area contributed by atoms with Crippen LogP contribution in [-0.2, 0) is 9.47 Å². The summed E-state index contributed by atoms with van der Waals surface area (Å²) in [5, 5.41) is 20.0. The molecule has 2 aromatic heterocycles. The first-order valence-corrected chi connectivity index (χ1v) is 6.19. The molecule has 1 aliphatic heterocycles. The molecule has 1 fully saturated rings. The van der Waals surface area contributed by atoms with Crippen LogP contribution < -0.4 is 5.73 Å². The van der Waals surface area contributed by atoms with Crippen LogP contribution in [0.3, 0.4) is 0 Å². The third kappa shape index (κ3) is 2.21. The molecule has 0 aliphatic carbocycles. The lowest BCUT2D eigenvalue weighted by Crippen LogP contribution is -2.33. The minimum Gasteiger partial charge on any atom is -0.387 e. The van der Waals surface area contributed by atoms with Crippen LogP contribution in [0, 0.1) is 6.08 Å². The summed E-state index contributed by atoms with van der Waals surface area (Å²) in [6, 6.07) is 0. The summed E-state index contributed by atoms with van der Waals surface area (Å²) in [4.78, 5) is 11.0. The van der Waals surface area contributed by atoms with Crippen LogP contribution in [0.4, 0.5) is 10.2 Å². The summed E-state index contributed by atoms with van der Waals surface area (Å²) in [5.41, 5.74) is 5.84. The van der Waals surface area contributed by atoms with Crippen LogP contribution in [0.25, 0.3) is 11.2 Å². The van der Waals surface area contributed by atoms with Crippen molar-refractivity contribution < 1.29 is 24.1 Å². The van der Waals surface area contributed by atoms with Crippen LogP contribution in [0.15, 0.2) is 6.33 Å². The Kier molecular flexibility index (Phi) is 3.45. The van der Waals surface area contributed by atoms with Gasteiger partial charge in [0.05, 0.1) is 12.9 Å². The maximum atomic E-state index is 13.3. The number of methoxy groups -OCH3 is 1. The Morgan fingerprint density at radius 2 is 2.19 bits per heavy atom. The molecule has 0 amide bonds. The molecule has 4 N–H and O–H groups in total. The Balaban J connectivity index is 2.01. The summed E-state index contributed by atoms with van der Waals surface area (Å²) in [6.45, 7) is 0.104. The summed E-state index contributed by atoms with van der Waals surface area (Å²) < 4.78 is 25.0. The summed E-state index contributed by atoms with van der Waals surface area (Å²) >= 11 is 0. The molecule has 21 heavy (non-hydrogen) atoms. The predicted molar refractivity (Wildman–Crippen MR) is 67.5 cm³/mol. The lowest BCUT2D eigenvalue weighted by molar-refractivity contribution is -0.0580. The van der Waals surface area contributed by atoms with E-state index in [9.17, 15) is 14.6 Å². The molecule has 10 heteroatoms. The van der Waals surface area contributed by atoms with Gasteiger partial charge in [0, 0.05) is 7.11 Å². The van der Waals surface area contributed by atoms with Gasteiger partial charge in [-0.3, -0.25) is 4.57 Å². The second-order valence-electron chi connectivity index (χ2n) is 4.70. The Bertz CT molecular complexity index is 665. The zero-order valence-electron chi connectivity index (χ0n) is 11.0.